The van der Waals surface area contributed by atoms with Gasteiger partial charge in [-0.05, 0) is 60.2 Å². The van der Waals surface area contributed by atoms with Crippen molar-refractivity contribution >= 4 is 34.2 Å². The monoisotopic (exact) mass is 464 g/mol. The minimum Gasteiger partial charge on any atom is -0.352 e. The van der Waals surface area contributed by atoms with E-state index >= 15 is 0 Å². The summed E-state index contributed by atoms with van der Waals surface area (Å²) in [6.07, 6.45) is 2.36. The predicted molar refractivity (Wildman–Crippen MR) is 136 cm³/mol. The Labute approximate surface area is 201 Å². The predicted octanol–water partition coefficient (Wildman–Crippen LogP) is 6.15. The fraction of sp³-hybridized carbons (Fsp3) is 0.357. The van der Waals surface area contributed by atoms with Gasteiger partial charge >= 0.3 is 0 Å². The first-order chi connectivity index (χ1) is 15.9. The number of rotatable bonds is 10. The van der Waals surface area contributed by atoms with Gasteiger partial charge in [-0.15, -0.1) is 0 Å². The molecule has 0 bridgehead atoms. The number of nitrogens with one attached hydrogen (secondary N) is 1. The maximum absolute atomic E-state index is 13.5. The molecule has 1 N–H and O–H groups in total. The number of aryl methyl sites for hydroxylation is 1. The van der Waals surface area contributed by atoms with Crippen LogP contribution in [0.3, 0.4) is 0 Å². The molecule has 0 fully saturated rings. The van der Waals surface area contributed by atoms with Crippen LogP contribution in [-0.4, -0.2) is 28.8 Å². The van der Waals surface area contributed by atoms with Gasteiger partial charge in [-0.2, -0.15) is 0 Å². The van der Waals surface area contributed by atoms with Crippen molar-refractivity contribution in [2.75, 3.05) is 0 Å². The van der Waals surface area contributed by atoms with E-state index in [2.05, 4.69) is 29.6 Å². The van der Waals surface area contributed by atoms with Gasteiger partial charge in [0.1, 0.15) is 6.04 Å². The Morgan fingerprint density at radius 1 is 0.939 bits per heavy atom. The van der Waals surface area contributed by atoms with E-state index in [4.69, 9.17) is 11.6 Å². The summed E-state index contributed by atoms with van der Waals surface area (Å²) in [6, 6.07) is 21.4. The SMILES string of the molecule is CCC(C)NC(=O)C(CC)N(Cc1ccc(Cl)cc1)C(=O)CCc1cccc2ccccc12. The van der Waals surface area contributed by atoms with E-state index in [0.29, 0.717) is 30.8 Å². The summed E-state index contributed by atoms with van der Waals surface area (Å²) in [6.45, 7) is 6.34. The average Bonchev–Trinajstić information content (AvgIpc) is 2.83. The summed E-state index contributed by atoms with van der Waals surface area (Å²) in [4.78, 5) is 28.3. The number of halogens is 1. The Morgan fingerprint density at radius 3 is 2.33 bits per heavy atom. The van der Waals surface area contributed by atoms with E-state index in [0.717, 1.165) is 17.5 Å². The van der Waals surface area contributed by atoms with Gasteiger partial charge < -0.3 is 10.2 Å². The first kappa shape index (κ1) is 24.8. The molecule has 4 nitrogen and oxygen atoms in total. The Morgan fingerprint density at radius 2 is 1.64 bits per heavy atom. The summed E-state index contributed by atoms with van der Waals surface area (Å²) in [7, 11) is 0. The van der Waals surface area contributed by atoms with Crippen LogP contribution in [0.5, 0.6) is 0 Å². The molecule has 2 unspecified atom stereocenters. The van der Waals surface area contributed by atoms with E-state index in [1.54, 1.807) is 4.90 Å². The van der Waals surface area contributed by atoms with E-state index in [-0.39, 0.29) is 17.9 Å². The molecule has 0 spiro atoms. The third-order valence-electron chi connectivity index (χ3n) is 6.14. The highest BCUT2D eigenvalue weighted by molar-refractivity contribution is 6.30. The molecule has 33 heavy (non-hydrogen) atoms. The highest BCUT2D eigenvalue weighted by Crippen LogP contribution is 2.21. The molecule has 2 atom stereocenters. The van der Waals surface area contributed by atoms with Crippen molar-refractivity contribution in [3.63, 3.8) is 0 Å². The molecule has 174 valence electrons. The Bertz CT molecular complexity index is 1080. The molecule has 0 saturated heterocycles. The van der Waals surface area contributed by atoms with Crippen molar-refractivity contribution in [3.05, 3.63) is 82.9 Å². The first-order valence-corrected chi connectivity index (χ1v) is 12.1. The molecule has 3 aromatic rings. The second-order valence-electron chi connectivity index (χ2n) is 8.53. The van der Waals surface area contributed by atoms with Crippen LogP contribution in [0.15, 0.2) is 66.7 Å². The van der Waals surface area contributed by atoms with E-state index < -0.39 is 6.04 Å². The van der Waals surface area contributed by atoms with Crippen molar-refractivity contribution in [2.24, 2.45) is 0 Å². The largest absolute Gasteiger partial charge is 0.352 e. The summed E-state index contributed by atoms with van der Waals surface area (Å²) in [5.41, 5.74) is 2.10. The van der Waals surface area contributed by atoms with Crippen LogP contribution in [0.1, 0.15) is 51.2 Å². The third-order valence-corrected chi connectivity index (χ3v) is 6.39. The van der Waals surface area contributed by atoms with Gasteiger partial charge in [0.2, 0.25) is 11.8 Å². The molecular formula is C28H33ClN2O2. The molecule has 3 aromatic carbocycles. The van der Waals surface area contributed by atoms with Crippen LogP contribution in [0.4, 0.5) is 0 Å². The summed E-state index contributed by atoms with van der Waals surface area (Å²) < 4.78 is 0. The minimum atomic E-state index is -0.519. The molecular weight excluding hydrogens is 432 g/mol. The summed E-state index contributed by atoms with van der Waals surface area (Å²) in [5, 5.41) is 6.03. The lowest BCUT2D eigenvalue weighted by Gasteiger charge is -2.31. The van der Waals surface area contributed by atoms with Crippen LogP contribution in [-0.2, 0) is 22.6 Å². The second kappa shape index (κ2) is 11.9. The molecule has 0 aliphatic rings. The highest BCUT2D eigenvalue weighted by atomic mass is 35.5. The lowest BCUT2D eigenvalue weighted by atomic mass is 10.00. The number of benzene rings is 3. The zero-order valence-electron chi connectivity index (χ0n) is 19.7. The van der Waals surface area contributed by atoms with Crippen LogP contribution < -0.4 is 5.32 Å². The minimum absolute atomic E-state index is 0.0240. The summed E-state index contributed by atoms with van der Waals surface area (Å²) >= 11 is 6.04. The van der Waals surface area contributed by atoms with Crippen molar-refractivity contribution in [2.45, 2.75) is 65.1 Å². The van der Waals surface area contributed by atoms with Gasteiger partial charge in [0.15, 0.2) is 0 Å². The fourth-order valence-corrected chi connectivity index (χ4v) is 4.17. The maximum Gasteiger partial charge on any atom is 0.243 e. The van der Waals surface area contributed by atoms with Crippen LogP contribution >= 0.6 is 11.6 Å². The van der Waals surface area contributed by atoms with Crippen molar-refractivity contribution in [1.82, 2.24) is 10.2 Å². The van der Waals surface area contributed by atoms with E-state index in [1.807, 2.05) is 63.2 Å². The Kier molecular flexibility index (Phi) is 8.90. The van der Waals surface area contributed by atoms with Crippen LogP contribution in [0.25, 0.3) is 10.8 Å². The molecule has 5 heteroatoms. The zero-order valence-corrected chi connectivity index (χ0v) is 20.4. The van der Waals surface area contributed by atoms with Gasteiger partial charge in [0.25, 0.3) is 0 Å². The highest BCUT2D eigenvalue weighted by Gasteiger charge is 2.29. The molecule has 0 saturated carbocycles. The molecule has 2 amide bonds. The Hall–Kier alpha value is -2.85. The van der Waals surface area contributed by atoms with Gasteiger partial charge in [-0.1, -0.05) is 80.0 Å². The summed E-state index contributed by atoms with van der Waals surface area (Å²) in [5.74, 6) is -0.122. The lowest BCUT2D eigenvalue weighted by molar-refractivity contribution is -0.141. The smallest absolute Gasteiger partial charge is 0.243 e. The number of amides is 2. The first-order valence-electron chi connectivity index (χ1n) is 11.7. The fourth-order valence-electron chi connectivity index (χ4n) is 4.04. The number of carbonyl (C=O) groups is 2. The van der Waals surface area contributed by atoms with Gasteiger partial charge in [0, 0.05) is 24.0 Å². The van der Waals surface area contributed by atoms with E-state index in [9.17, 15) is 9.59 Å². The average molecular weight is 465 g/mol. The van der Waals surface area contributed by atoms with Gasteiger partial charge in [0.05, 0.1) is 0 Å². The molecule has 0 aliphatic heterocycles. The third kappa shape index (κ3) is 6.58. The number of hydrogen-bond acceptors (Lipinski definition) is 2. The Balaban J connectivity index is 1.82. The quantitative estimate of drug-likeness (QED) is 0.391. The molecule has 3 rings (SSSR count). The number of nitrogens with zero attached hydrogens (tertiary/aromatic N) is 1. The van der Waals surface area contributed by atoms with Gasteiger partial charge in [-0.25, -0.2) is 0 Å². The van der Waals surface area contributed by atoms with Crippen LogP contribution in [0.2, 0.25) is 5.02 Å². The second-order valence-corrected chi connectivity index (χ2v) is 8.96. The standard InChI is InChI=1S/C28H33ClN2O2/c1-4-20(3)30-28(33)26(5-2)31(19-21-13-16-24(29)17-14-21)27(32)18-15-23-11-8-10-22-9-6-7-12-25(22)23/h6-14,16-17,20,26H,4-5,15,18-19H2,1-3H3,(H,30,33). The van der Waals surface area contributed by atoms with Crippen molar-refractivity contribution in [1.29, 1.82) is 0 Å². The molecule has 0 aliphatic carbocycles. The molecule has 0 heterocycles. The maximum atomic E-state index is 13.5. The normalized spacial score (nSPS) is 12.8. The molecule has 0 radical (unpaired) electrons. The zero-order chi connectivity index (χ0) is 23.8. The van der Waals surface area contributed by atoms with Crippen molar-refractivity contribution in [3.8, 4) is 0 Å². The topological polar surface area (TPSA) is 49.4 Å². The van der Waals surface area contributed by atoms with Gasteiger partial charge in [-0.3, -0.25) is 9.59 Å². The number of fused-ring (bicyclic) bond motifs is 1. The van der Waals surface area contributed by atoms with E-state index in [1.165, 1.54) is 10.8 Å². The molecule has 0 aromatic heterocycles. The number of hydrogen-bond donors (Lipinski definition) is 1. The lowest BCUT2D eigenvalue weighted by Crippen LogP contribution is -2.50. The van der Waals surface area contributed by atoms with Crippen LogP contribution in [0, 0.1) is 0 Å². The van der Waals surface area contributed by atoms with Crippen molar-refractivity contribution < 1.29 is 9.59 Å². The number of carbonyl (C=O) groups excluding carboxylic acids is 2.